The lowest BCUT2D eigenvalue weighted by atomic mass is 10.1. The van der Waals surface area contributed by atoms with Crippen molar-refractivity contribution < 1.29 is 9.59 Å². The van der Waals surface area contributed by atoms with E-state index in [9.17, 15) is 9.59 Å². The molecule has 25 heavy (non-hydrogen) atoms. The lowest BCUT2D eigenvalue weighted by Gasteiger charge is -2.24. The summed E-state index contributed by atoms with van der Waals surface area (Å²) in [6, 6.07) is 5.70. The molecule has 0 spiro atoms. The molecular formula is C17H21N5O2S. The molecule has 1 atom stereocenters. The molecule has 0 radical (unpaired) electrons. The Hall–Kier alpha value is -2.35. The molecule has 1 N–H and O–H groups in total. The van der Waals surface area contributed by atoms with Gasteiger partial charge in [-0.1, -0.05) is 17.5 Å². The number of amides is 2. The molecule has 7 nitrogen and oxygen atoms in total. The van der Waals surface area contributed by atoms with E-state index in [4.69, 9.17) is 0 Å². The van der Waals surface area contributed by atoms with Gasteiger partial charge in [0, 0.05) is 13.5 Å². The van der Waals surface area contributed by atoms with Crippen LogP contribution in [-0.2, 0) is 17.8 Å². The van der Waals surface area contributed by atoms with E-state index in [1.54, 1.807) is 0 Å². The summed E-state index contributed by atoms with van der Waals surface area (Å²) in [5.74, 6) is -0.0990. The lowest BCUT2D eigenvalue weighted by Crippen LogP contribution is -2.31. The van der Waals surface area contributed by atoms with Crippen LogP contribution < -0.4 is 5.32 Å². The van der Waals surface area contributed by atoms with E-state index in [0.29, 0.717) is 24.4 Å². The first-order valence-electron chi connectivity index (χ1n) is 8.42. The number of hydrogen-bond acceptors (Lipinski definition) is 6. The average Bonchev–Trinajstić information content (AvgIpc) is 3.28. The molecule has 132 valence electrons. The fourth-order valence-corrected chi connectivity index (χ4v) is 3.75. The molecule has 1 saturated heterocycles. The smallest absolute Gasteiger partial charge is 0.268 e. The van der Waals surface area contributed by atoms with Crippen molar-refractivity contribution in [1.29, 1.82) is 0 Å². The van der Waals surface area contributed by atoms with Crippen molar-refractivity contribution in [2.24, 2.45) is 0 Å². The van der Waals surface area contributed by atoms with Gasteiger partial charge < -0.3 is 10.2 Å². The zero-order chi connectivity index (χ0) is 17.8. The molecule has 0 unspecified atom stereocenters. The molecule has 1 aliphatic heterocycles. The maximum Gasteiger partial charge on any atom is 0.268 e. The summed E-state index contributed by atoms with van der Waals surface area (Å²) >= 11 is 1.16. The molecule has 2 amide bonds. The van der Waals surface area contributed by atoms with Gasteiger partial charge in [-0.2, -0.15) is 0 Å². The van der Waals surface area contributed by atoms with Crippen molar-refractivity contribution in [2.75, 3.05) is 6.54 Å². The van der Waals surface area contributed by atoms with E-state index in [1.807, 2.05) is 30.0 Å². The van der Waals surface area contributed by atoms with Crippen molar-refractivity contribution in [1.82, 2.24) is 24.8 Å². The van der Waals surface area contributed by atoms with Crippen LogP contribution in [0.15, 0.2) is 18.2 Å². The van der Waals surface area contributed by atoms with Crippen LogP contribution in [0.5, 0.6) is 0 Å². The Balaban J connectivity index is 1.81. The molecule has 2 aromatic rings. The molecule has 0 bridgehead atoms. The zero-order valence-corrected chi connectivity index (χ0v) is 15.2. The molecule has 3 rings (SSSR count). The highest BCUT2D eigenvalue weighted by atomic mass is 32.1. The topological polar surface area (TPSA) is 88.1 Å². The number of nitrogens with zero attached hydrogens (tertiary/aromatic N) is 4. The average molecular weight is 359 g/mol. The molecule has 3 heterocycles. The van der Waals surface area contributed by atoms with Gasteiger partial charge in [-0.05, 0) is 42.9 Å². The lowest BCUT2D eigenvalue weighted by molar-refractivity contribution is -0.119. The number of aromatic nitrogens is 3. The second-order valence-electron chi connectivity index (χ2n) is 6.02. The fourth-order valence-electron chi connectivity index (χ4n) is 3.05. The number of rotatable bonds is 5. The van der Waals surface area contributed by atoms with E-state index in [2.05, 4.69) is 19.9 Å². The summed E-state index contributed by atoms with van der Waals surface area (Å²) in [4.78, 5) is 31.2. The maximum atomic E-state index is 12.9. The van der Waals surface area contributed by atoms with Crippen LogP contribution >= 0.6 is 11.5 Å². The van der Waals surface area contributed by atoms with Gasteiger partial charge in [-0.15, -0.1) is 5.10 Å². The third kappa shape index (κ3) is 3.84. The first-order chi connectivity index (χ1) is 12.1. The van der Waals surface area contributed by atoms with Crippen molar-refractivity contribution in [3.05, 3.63) is 40.2 Å². The summed E-state index contributed by atoms with van der Waals surface area (Å²) in [6.07, 6.45) is 2.53. The quantitative estimate of drug-likeness (QED) is 0.883. The van der Waals surface area contributed by atoms with E-state index in [0.717, 1.165) is 41.5 Å². The number of carbonyl (C=O) groups is 2. The number of pyridine rings is 1. The molecule has 8 heteroatoms. The summed E-state index contributed by atoms with van der Waals surface area (Å²) in [5, 5.41) is 6.80. The third-order valence-electron chi connectivity index (χ3n) is 4.29. The number of likely N-dealkylation sites (tertiary alicyclic amines) is 1. The van der Waals surface area contributed by atoms with Crippen LogP contribution in [0, 0.1) is 0 Å². The predicted octanol–water partition coefficient (Wildman–Crippen LogP) is 2.11. The Morgan fingerprint density at radius 1 is 1.40 bits per heavy atom. The van der Waals surface area contributed by atoms with Gasteiger partial charge >= 0.3 is 0 Å². The highest BCUT2D eigenvalue weighted by Crippen LogP contribution is 2.33. The summed E-state index contributed by atoms with van der Waals surface area (Å²) < 4.78 is 3.93. The minimum atomic E-state index is -0.0883. The standard InChI is InChI=1S/C17H21N5O2S/c1-3-13-16(25-21-20-13)17(24)22-9-5-8-15(22)14-7-4-6-12(19-14)10-18-11(2)23/h4,6-7,15H,3,5,8-10H2,1-2H3,(H,18,23)/t15-/m1/s1. The van der Waals surface area contributed by atoms with Crippen molar-refractivity contribution >= 4 is 23.3 Å². The van der Waals surface area contributed by atoms with Gasteiger partial charge in [0.1, 0.15) is 4.88 Å². The Morgan fingerprint density at radius 3 is 3.00 bits per heavy atom. The van der Waals surface area contributed by atoms with Gasteiger partial charge in [-0.25, -0.2) is 0 Å². The van der Waals surface area contributed by atoms with E-state index in [-0.39, 0.29) is 17.9 Å². The summed E-state index contributed by atoms with van der Waals surface area (Å²) in [7, 11) is 0. The molecule has 0 aromatic carbocycles. The Kier molecular flexibility index (Phi) is 5.37. The SMILES string of the molecule is CCc1nnsc1C(=O)N1CCC[C@@H]1c1cccc(CNC(C)=O)n1. The van der Waals surface area contributed by atoms with Crippen molar-refractivity contribution in [3.8, 4) is 0 Å². The van der Waals surface area contributed by atoms with Gasteiger partial charge in [0.2, 0.25) is 5.91 Å². The van der Waals surface area contributed by atoms with Crippen molar-refractivity contribution in [3.63, 3.8) is 0 Å². The minimum absolute atomic E-state index is 0.0107. The number of hydrogen-bond donors (Lipinski definition) is 1. The Morgan fingerprint density at radius 2 is 2.24 bits per heavy atom. The summed E-state index contributed by atoms with van der Waals surface area (Å²) in [6.45, 7) is 4.56. The van der Waals surface area contributed by atoms with E-state index in [1.165, 1.54) is 6.92 Å². The molecular weight excluding hydrogens is 338 g/mol. The number of carbonyl (C=O) groups excluding carboxylic acids is 2. The normalized spacial score (nSPS) is 16.9. The predicted molar refractivity (Wildman–Crippen MR) is 94.1 cm³/mol. The van der Waals surface area contributed by atoms with Crippen LogP contribution in [0.1, 0.15) is 59.5 Å². The molecule has 0 aliphatic carbocycles. The van der Waals surface area contributed by atoms with Gasteiger partial charge in [-0.3, -0.25) is 14.6 Å². The van der Waals surface area contributed by atoms with Crippen LogP contribution in [0.25, 0.3) is 0 Å². The van der Waals surface area contributed by atoms with Crippen LogP contribution in [0.2, 0.25) is 0 Å². The second kappa shape index (κ2) is 7.69. The van der Waals surface area contributed by atoms with E-state index >= 15 is 0 Å². The van der Waals surface area contributed by atoms with Crippen LogP contribution in [0.4, 0.5) is 0 Å². The Labute approximate surface area is 150 Å². The fraction of sp³-hybridized carbons (Fsp3) is 0.471. The summed E-state index contributed by atoms with van der Waals surface area (Å²) in [5.41, 5.74) is 2.41. The molecule has 2 aromatic heterocycles. The largest absolute Gasteiger partial charge is 0.351 e. The Bertz CT molecular complexity index is 776. The first-order valence-corrected chi connectivity index (χ1v) is 9.20. The van der Waals surface area contributed by atoms with Crippen LogP contribution in [-0.4, -0.2) is 37.8 Å². The van der Waals surface area contributed by atoms with Gasteiger partial charge in [0.15, 0.2) is 0 Å². The third-order valence-corrected chi connectivity index (χ3v) is 5.04. The van der Waals surface area contributed by atoms with Gasteiger partial charge in [0.25, 0.3) is 5.91 Å². The highest BCUT2D eigenvalue weighted by molar-refractivity contribution is 7.08. The van der Waals surface area contributed by atoms with Crippen molar-refractivity contribution in [2.45, 2.75) is 45.7 Å². The molecule has 1 fully saturated rings. The van der Waals surface area contributed by atoms with Crippen LogP contribution in [0.3, 0.4) is 0 Å². The number of aryl methyl sites for hydroxylation is 1. The zero-order valence-electron chi connectivity index (χ0n) is 14.4. The number of nitrogens with one attached hydrogen (secondary N) is 1. The maximum absolute atomic E-state index is 12.9. The monoisotopic (exact) mass is 359 g/mol. The molecule has 0 saturated carbocycles. The minimum Gasteiger partial charge on any atom is -0.351 e. The van der Waals surface area contributed by atoms with E-state index < -0.39 is 0 Å². The van der Waals surface area contributed by atoms with Gasteiger partial charge in [0.05, 0.1) is 29.7 Å². The first kappa shape index (κ1) is 17.5. The second-order valence-corrected chi connectivity index (χ2v) is 6.78. The highest BCUT2D eigenvalue weighted by Gasteiger charge is 2.33. The molecule has 1 aliphatic rings.